The lowest BCUT2D eigenvalue weighted by molar-refractivity contribution is 0.0946. The molecule has 3 nitrogen and oxygen atoms in total. The van der Waals surface area contributed by atoms with E-state index in [0.717, 1.165) is 0 Å². The van der Waals surface area contributed by atoms with Gasteiger partial charge in [-0.3, -0.25) is 4.79 Å². The van der Waals surface area contributed by atoms with Crippen molar-refractivity contribution in [3.8, 4) is 16.9 Å². The quantitative estimate of drug-likeness (QED) is 0.848. The number of aromatic hydroxyl groups is 1. The summed E-state index contributed by atoms with van der Waals surface area (Å²) in [6, 6.07) is 7.39. The molecule has 0 aromatic heterocycles. The first-order valence-corrected chi connectivity index (χ1v) is 6.55. The van der Waals surface area contributed by atoms with E-state index < -0.39 is 5.82 Å². The Morgan fingerprint density at radius 3 is 2.80 bits per heavy atom. The highest BCUT2D eigenvalue weighted by atomic mass is 35.5. The molecule has 0 bridgehead atoms. The van der Waals surface area contributed by atoms with E-state index in [1.54, 1.807) is 12.1 Å². The van der Waals surface area contributed by atoms with Crippen LogP contribution in [0.2, 0.25) is 5.02 Å². The zero-order chi connectivity index (χ0) is 14.3. The first kappa shape index (κ1) is 12.9. The fourth-order valence-electron chi connectivity index (χ4n) is 2.49. The molecule has 0 spiro atoms. The Hall–Kier alpha value is -2.07. The van der Waals surface area contributed by atoms with Crippen molar-refractivity contribution < 1.29 is 14.3 Å². The van der Waals surface area contributed by atoms with Crippen molar-refractivity contribution in [2.45, 2.75) is 6.42 Å². The molecule has 1 aliphatic rings. The molecule has 0 unspecified atom stereocenters. The van der Waals surface area contributed by atoms with Crippen LogP contribution < -0.4 is 5.32 Å². The van der Waals surface area contributed by atoms with E-state index in [4.69, 9.17) is 11.6 Å². The number of fused-ring (bicyclic) bond motifs is 1. The lowest BCUT2D eigenvalue weighted by atomic mass is 9.90. The highest BCUT2D eigenvalue weighted by Gasteiger charge is 2.24. The summed E-state index contributed by atoms with van der Waals surface area (Å²) < 4.78 is 14.2. The molecule has 0 fully saturated rings. The second kappa shape index (κ2) is 4.80. The Morgan fingerprint density at radius 2 is 2.00 bits per heavy atom. The summed E-state index contributed by atoms with van der Waals surface area (Å²) in [5.74, 6) is -0.781. The summed E-state index contributed by atoms with van der Waals surface area (Å²) in [5, 5.41) is 12.5. The summed E-state index contributed by atoms with van der Waals surface area (Å²) in [4.78, 5) is 11.8. The number of benzene rings is 2. The molecule has 0 saturated carbocycles. The molecule has 20 heavy (non-hydrogen) atoms. The van der Waals surface area contributed by atoms with Gasteiger partial charge in [-0.05, 0) is 30.2 Å². The predicted molar refractivity (Wildman–Crippen MR) is 74.5 cm³/mol. The molecule has 1 amide bonds. The van der Waals surface area contributed by atoms with Crippen molar-refractivity contribution in [3.05, 3.63) is 52.3 Å². The van der Waals surface area contributed by atoms with Crippen molar-refractivity contribution in [2.75, 3.05) is 6.54 Å². The average Bonchev–Trinajstić information content (AvgIpc) is 2.43. The van der Waals surface area contributed by atoms with Crippen LogP contribution >= 0.6 is 11.6 Å². The first-order valence-electron chi connectivity index (χ1n) is 6.17. The Kier molecular flexibility index (Phi) is 3.10. The number of phenolic OH excluding ortho intramolecular Hbond substituents is 1. The molecule has 0 radical (unpaired) electrons. The molecule has 1 aliphatic heterocycles. The van der Waals surface area contributed by atoms with Crippen molar-refractivity contribution in [2.24, 2.45) is 0 Å². The van der Waals surface area contributed by atoms with Crippen LogP contribution in [0, 0.1) is 5.82 Å². The number of amides is 1. The summed E-state index contributed by atoms with van der Waals surface area (Å²) in [7, 11) is 0. The van der Waals surface area contributed by atoms with Gasteiger partial charge in [-0.1, -0.05) is 23.7 Å². The molecule has 1 heterocycles. The summed E-state index contributed by atoms with van der Waals surface area (Å²) in [6.07, 6.45) is 0.528. The number of carbonyl (C=O) groups excluding carboxylic acids is 1. The topological polar surface area (TPSA) is 49.3 Å². The fraction of sp³-hybridized carbons (Fsp3) is 0.133. The van der Waals surface area contributed by atoms with Crippen LogP contribution in [0.15, 0.2) is 30.3 Å². The van der Waals surface area contributed by atoms with Crippen LogP contribution in [-0.2, 0) is 6.42 Å². The summed E-state index contributed by atoms with van der Waals surface area (Å²) in [5.41, 5.74) is 1.77. The maximum Gasteiger partial charge on any atom is 0.251 e. The lowest BCUT2D eigenvalue weighted by Gasteiger charge is -2.21. The highest BCUT2D eigenvalue weighted by molar-refractivity contribution is 6.34. The van der Waals surface area contributed by atoms with Gasteiger partial charge in [0, 0.05) is 23.2 Å². The van der Waals surface area contributed by atoms with Gasteiger partial charge in [-0.2, -0.15) is 0 Å². The van der Waals surface area contributed by atoms with E-state index in [9.17, 15) is 14.3 Å². The standard InChI is InChI=1S/C15H11ClFNO2/c16-14-10(2-1-3-12(14)19)13-8-6-7-18-15(20)9(8)4-5-11(13)17/h1-5,19H,6-7H2,(H,18,20). The van der Waals surface area contributed by atoms with Crippen LogP contribution in [0.25, 0.3) is 11.1 Å². The lowest BCUT2D eigenvalue weighted by Crippen LogP contribution is -2.32. The van der Waals surface area contributed by atoms with Crippen molar-refractivity contribution in [3.63, 3.8) is 0 Å². The molecule has 2 aromatic carbocycles. The zero-order valence-corrected chi connectivity index (χ0v) is 11.2. The Bertz CT molecular complexity index is 715. The van der Waals surface area contributed by atoms with E-state index in [0.29, 0.717) is 35.2 Å². The molecule has 2 aromatic rings. The molecule has 102 valence electrons. The molecular weight excluding hydrogens is 281 g/mol. The van der Waals surface area contributed by atoms with E-state index in [1.807, 2.05) is 0 Å². The number of halogens is 2. The SMILES string of the molecule is O=C1NCCc2c1ccc(F)c2-c1cccc(O)c1Cl. The number of rotatable bonds is 1. The van der Waals surface area contributed by atoms with Crippen molar-refractivity contribution in [1.29, 1.82) is 0 Å². The number of hydrogen-bond acceptors (Lipinski definition) is 2. The van der Waals surface area contributed by atoms with Crippen LogP contribution in [0.3, 0.4) is 0 Å². The molecule has 0 atom stereocenters. The molecule has 2 N–H and O–H groups in total. The van der Waals surface area contributed by atoms with Crippen LogP contribution in [0.5, 0.6) is 5.75 Å². The van der Waals surface area contributed by atoms with E-state index in [2.05, 4.69) is 5.32 Å². The number of nitrogens with one attached hydrogen (secondary N) is 1. The van der Waals surface area contributed by atoms with E-state index in [-0.39, 0.29) is 16.7 Å². The third kappa shape index (κ3) is 1.93. The third-order valence-corrected chi connectivity index (χ3v) is 3.81. The fourth-order valence-corrected chi connectivity index (χ4v) is 2.71. The van der Waals surface area contributed by atoms with Gasteiger partial charge < -0.3 is 10.4 Å². The van der Waals surface area contributed by atoms with Crippen LogP contribution in [0.1, 0.15) is 15.9 Å². The summed E-state index contributed by atoms with van der Waals surface area (Å²) in [6.45, 7) is 0.457. The Morgan fingerprint density at radius 1 is 1.20 bits per heavy atom. The van der Waals surface area contributed by atoms with E-state index >= 15 is 0 Å². The number of carbonyl (C=O) groups is 1. The maximum atomic E-state index is 14.2. The molecule has 0 aliphatic carbocycles. The Labute approximate surface area is 120 Å². The van der Waals surface area contributed by atoms with Gasteiger partial charge in [0.25, 0.3) is 5.91 Å². The van der Waals surface area contributed by atoms with Gasteiger partial charge in [0.1, 0.15) is 11.6 Å². The Balaban J connectivity index is 2.31. The van der Waals surface area contributed by atoms with Gasteiger partial charge in [-0.25, -0.2) is 4.39 Å². The second-order valence-corrected chi connectivity index (χ2v) is 4.97. The minimum absolute atomic E-state index is 0.0887. The second-order valence-electron chi connectivity index (χ2n) is 4.59. The predicted octanol–water partition coefficient (Wildman–Crippen LogP) is 3.14. The maximum absolute atomic E-state index is 14.2. The van der Waals surface area contributed by atoms with Gasteiger partial charge >= 0.3 is 0 Å². The highest BCUT2D eigenvalue weighted by Crippen LogP contribution is 2.39. The first-order chi connectivity index (χ1) is 9.59. The van der Waals surface area contributed by atoms with Gasteiger partial charge in [0.05, 0.1) is 5.02 Å². The molecule has 5 heteroatoms. The molecule has 0 saturated heterocycles. The zero-order valence-electron chi connectivity index (χ0n) is 10.4. The normalized spacial score (nSPS) is 13.8. The van der Waals surface area contributed by atoms with Gasteiger partial charge in [-0.15, -0.1) is 0 Å². The molecule has 3 rings (SSSR count). The molecular formula is C15H11ClFNO2. The van der Waals surface area contributed by atoms with E-state index in [1.165, 1.54) is 18.2 Å². The summed E-state index contributed by atoms with van der Waals surface area (Å²) >= 11 is 6.06. The minimum atomic E-state index is -0.453. The number of hydrogen-bond donors (Lipinski definition) is 2. The van der Waals surface area contributed by atoms with Crippen molar-refractivity contribution >= 4 is 17.5 Å². The van der Waals surface area contributed by atoms with Crippen LogP contribution in [0.4, 0.5) is 4.39 Å². The largest absolute Gasteiger partial charge is 0.506 e. The van der Waals surface area contributed by atoms with Gasteiger partial charge in [0.2, 0.25) is 0 Å². The van der Waals surface area contributed by atoms with Crippen LogP contribution in [-0.4, -0.2) is 17.6 Å². The average molecular weight is 292 g/mol. The van der Waals surface area contributed by atoms with Gasteiger partial charge in [0.15, 0.2) is 0 Å². The third-order valence-electron chi connectivity index (χ3n) is 3.41. The number of phenols is 1. The minimum Gasteiger partial charge on any atom is -0.506 e. The smallest absolute Gasteiger partial charge is 0.251 e. The van der Waals surface area contributed by atoms with Crippen molar-refractivity contribution in [1.82, 2.24) is 5.32 Å². The monoisotopic (exact) mass is 291 g/mol.